The maximum atomic E-state index is 12.9. The largest absolute Gasteiger partial charge is 0.492 e. The summed E-state index contributed by atoms with van der Waals surface area (Å²) < 4.78 is 9.36. The van der Waals surface area contributed by atoms with Gasteiger partial charge in [-0.25, -0.2) is 0 Å². The van der Waals surface area contributed by atoms with E-state index < -0.39 is 0 Å². The Balaban J connectivity index is 1.10. The molecule has 0 saturated heterocycles. The molecule has 8 nitrogen and oxygen atoms in total. The van der Waals surface area contributed by atoms with Gasteiger partial charge in [-0.05, 0) is 87.5 Å². The Morgan fingerprint density at radius 2 is 1.95 bits per heavy atom. The minimum atomic E-state index is -0.276. The lowest BCUT2D eigenvalue weighted by Crippen LogP contribution is -2.71. The second-order valence-corrected chi connectivity index (χ2v) is 12.2. The molecule has 0 amide bonds. The third-order valence-electron chi connectivity index (χ3n) is 9.96. The monoisotopic (exact) mass is 501 g/mol. The van der Waals surface area contributed by atoms with Gasteiger partial charge >= 0.3 is 0 Å². The summed E-state index contributed by atoms with van der Waals surface area (Å²) >= 11 is 0. The molecule has 3 aromatic heterocycles. The van der Waals surface area contributed by atoms with Crippen LogP contribution < -0.4 is 26.9 Å². The van der Waals surface area contributed by atoms with Crippen molar-refractivity contribution in [1.82, 2.24) is 19.4 Å². The molecule has 8 heteroatoms. The minimum absolute atomic E-state index is 0.00643. The van der Waals surface area contributed by atoms with Crippen LogP contribution >= 0.6 is 0 Å². The molecule has 7 rings (SSSR count). The lowest BCUT2D eigenvalue weighted by molar-refractivity contribution is -0.0875. The third kappa shape index (κ3) is 3.52. The highest BCUT2D eigenvalue weighted by molar-refractivity contribution is 5.76. The smallest absolute Gasteiger partial charge is 0.252 e. The average molecular weight is 502 g/mol. The number of nitrogens with one attached hydrogen (secondary N) is 1. The molecule has 2 fully saturated rings. The first kappa shape index (κ1) is 23.2. The number of hydrogen-bond donors (Lipinski definition) is 2. The summed E-state index contributed by atoms with van der Waals surface area (Å²) in [5.74, 6) is 0.921. The van der Waals surface area contributed by atoms with Crippen molar-refractivity contribution < 1.29 is 4.74 Å². The van der Waals surface area contributed by atoms with Gasteiger partial charge in [-0.2, -0.15) is 0 Å². The maximum absolute atomic E-state index is 12.9. The van der Waals surface area contributed by atoms with Gasteiger partial charge in [-0.3, -0.25) is 23.7 Å². The first-order chi connectivity index (χ1) is 17.8. The van der Waals surface area contributed by atoms with E-state index in [0.29, 0.717) is 13.1 Å². The van der Waals surface area contributed by atoms with Crippen molar-refractivity contribution in [3.05, 3.63) is 68.5 Å². The van der Waals surface area contributed by atoms with Crippen LogP contribution in [0.15, 0.2) is 46.1 Å². The van der Waals surface area contributed by atoms with Crippen molar-refractivity contribution >= 4 is 11.0 Å². The number of fused-ring (bicyclic) bond motifs is 2. The van der Waals surface area contributed by atoms with E-state index in [4.69, 9.17) is 10.5 Å². The normalized spacial score (nSPS) is 31.9. The Labute approximate surface area is 215 Å². The topological polar surface area (TPSA) is 104 Å². The van der Waals surface area contributed by atoms with E-state index in [1.165, 1.54) is 5.56 Å². The summed E-state index contributed by atoms with van der Waals surface area (Å²) in [5, 5.41) is 4.74. The Morgan fingerprint density at radius 1 is 1.14 bits per heavy atom. The highest BCUT2D eigenvalue weighted by Gasteiger charge is 2.62. The Kier molecular flexibility index (Phi) is 5.02. The van der Waals surface area contributed by atoms with Crippen LogP contribution in [-0.4, -0.2) is 31.8 Å². The molecular weight excluding hydrogens is 466 g/mol. The van der Waals surface area contributed by atoms with Crippen LogP contribution in [-0.2, 0) is 19.5 Å². The number of rotatable bonds is 5. The molecule has 0 bridgehead atoms. The van der Waals surface area contributed by atoms with E-state index >= 15 is 0 Å². The van der Waals surface area contributed by atoms with E-state index in [0.717, 1.165) is 80.5 Å². The number of ether oxygens (including phenoxy) is 1. The SMILES string of the molecule is CC1(NCc2cc3c(cn2)OCCC3)CCC2(C[C@@H]3Cn4c(=O)ccc5ccc(=O)n3c54)CC[C@]2(N)C1. The molecule has 2 aliphatic carbocycles. The third-order valence-corrected chi connectivity index (χ3v) is 9.96. The molecule has 194 valence electrons. The number of hydrogen-bond acceptors (Lipinski definition) is 6. The van der Waals surface area contributed by atoms with Gasteiger partial charge in [0.1, 0.15) is 11.4 Å². The molecule has 5 heterocycles. The summed E-state index contributed by atoms with van der Waals surface area (Å²) in [6.45, 7) is 4.33. The predicted octanol–water partition coefficient (Wildman–Crippen LogP) is 3.04. The Morgan fingerprint density at radius 3 is 2.73 bits per heavy atom. The second-order valence-electron chi connectivity index (χ2n) is 12.2. The van der Waals surface area contributed by atoms with Crippen molar-refractivity contribution in [1.29, 1.82) is 0 Å². The zero-order valence-electron chi connectivity index (χ0n) is 21.5. The predicted molar refractivity (Wildman–Crippen MR) is 142 cm³/mol. The number of pyridine rings is 3. The molecule has 4 aliphatic rings. The summed E-state index contributed by atoms with van der Waals surface area (Å²) in [7, 11) is 0. The highest BCUT2D eigenvalue weighted by Crippen LogP contribution is 2.62. The molecule has 37 heavy (non-hydrogen) atoms. The van der Waals surface area contributed by atoms with Crippen molar-refractivity contribution in [2.45, 2.75) is 88.5 Å². The van der Waals surface area contributed by atoms with Crippen LogP contribution in [0.1, 0.15) is 69.2 Å². The molecule has 2 unspecified atom stereocenters. The van der Waals surface area contributed by atoms with Gasteiger partial charge in [0.15, 0.2) is 0 Å². The Bertz CT molecular complexity index is 1520. The number of nitrogens with zero attached hydrogens (tertiary/aromatic N) is 3. The highest BCUT2D eigenvalue weighted by atomic mass is 16.5. The van der Waals surface area contributed by atoms with Gasteiger partial charge in [0.05, 0.1) is 24.5 Å². The first-order valence-corrected chi connectivity index (χ1v) is 13.7. The summed E-state index contributed by atoms with van der Waals surface area (Å²) in [4.78, 5) is 30.2. The fraction of sp³-hybridized carbons (Fsp3) is 0.552. The molecule has 3 N–H and O–H groups in total. The van der Waals surface area contributed by atoms with Crippen LogP contribution in [0.4, 0.5) is 0 Å². The van der Waals surface area contributed by atoms with E-state index in [1.807, 2.05) is 22.9 Å². The van der Waals surface area contributed by atoms with Gasteiger partial charge in [-0.15, -0.1) is 0 Å². The molecule has 3 aromatic rings. The maximum Gasteiger partial charge on any atom is 0.252 e. The molecule has 2 aliphatic heterocycles. The van der Waals surface area contributed by atoms with Crippen molar-refractivity contribution in [3.63, 3.8) is 0 Å². The van der Waals surface area contributed by atoms with Crippen LogP contribution in [0.3, 0.4) is 0 Å². The summed E-state index contributed by atoms with van der Waals surface area (Å²) in [6, 6.07) is 9.03. The fourth-order valence-corrected chi connectivity index (χ4v) is 7.77. The standard InChI is InChI=1S/C29H35N5O3/c1-27(32-15-21-13-20-3-2-12-37-23(20)16-31-21)8-9-28(10-11-29(28,30)18-27)14-22-17-33-24(35)6-4-19-5-7-25(36)34(22)26(19)33/h4-7,13,16,22,32H,2-3,8-12,14-15,17-18,30H2,1H3/t22-,27?,28?,29+/m1/s1. The first-order valence-electron chi connectivity index (χ1n) is 13.7. The van der Waals surface area contributed by atoms with E-state index in [1.54, 1.807) is 16.7 Å². The van der Waals surface area contributed by atoms with Crippen LogP contribution in [0.25, 0.3) is 11.0 Å². The Hall–Kier alpha value is -2.97. The van der Waals surface area contributed by atoms with E-state index in [-0.39, 0.29) is 33.7 Å². The quantitative estimate of drug-likeness (QED) is 0.557. The van der Waals surface area contributed by atoms with Crippen LogP contribution in [0, 0.1) is 5.41 Å². The van der Waals surface area contributed by atoms with Crippen LogP contribution in [0.5, 0.6) is 5.75 Å². The average Bonchev–Trinajstić information content (AvgIpc) is 3.28. The molecule has 2 saturated carbocycles. The summed E-state index contributed by atoms with van der Waals surface area (Å²) in [5.41, 5.74) is 9.83. The van der Waals surface area contributed by atoms with Crippen molar-refractivity contribution in [2.75, 3.05) is 6.61 Å². The van der Waals surface area contributed by atoms with Gasteiger partial charge in [0.2, 0.25) is 0 Å². The zero-order chi connectivity index (χ0) is 25.4. The van der Waals surface area contributed by atoms with Gasteiger partial charge in [0, 0.05) is 41.7 Å². The van der Waals surface area contributed by atoms with Crippen LogP contribution in [0.2, 0.25) is 0 Å². The number of nitrogens with two attached hydrogens (primary N) is 1. The van der Waals surface area contributed by atoms with Crippen molar-refractivity contribution in [3.8, 4) is 5.75 Å². The van der Waals surface area contributed by atoms with Gasteiger partial charge in [-0.1, -0.05) is 0 Å². The second kappa shape index (κ2) is 8.01. The molecule has 0 radical (unpaired) electrons. The van der Waals surface area contributed by atoms with E-state index in [2.05, 4.69) is 23.3 Å². The van der Waals surface area contributed by atoms with Crippen molar-refractivity contribution in [2.24, 2.45) is 11.1 Å². The number of aryl methyl sites for hydroxylation is 1. The molecule has 0 spiro atoms. The summed E-state index contributed by atoms with van der Waals surface area (Å²) in [6.07, 6.45) is 9.83. The molecule has 4 atom stereocenters. The van der Waals surface area contributed by atoms with Gasteiger partial charge < -0.3 is 15.8 Å². The molecular formula is C29H35N5O3. The fourth-order valence-electron chi connectivity index (χ4n) is 7.77. The zero-order valence-corrected chi connectivity index (χ0v) is 21.5. The number of aromatic nitrogens is 3. The lowest BCUT2D eigenvalue weighted by atomic mass is 9.44. The lowest BCUT2D eigenvalue weighted by Gasteiger charge is -2.65. The van der Waals surface area contributed by atoms with E-state index in [9.17, 15) is 9.59 Å². The molecule has 0 aromatic carbocycles. The minimum Gasteiger partial charge on any atom is -0.492 e. The van der Waals surface area contributed by atoms with Gasteiger partial charge in [0.25, 0.3) is 11.1 Å².